The first-order valence-corrected chi connectivity index (χ1v) is 6.04. The molecule has 1 aromatic carbocycles. The van der Waals surface area contributed by atoms with Crippen LogP contribution in [0.5, 0.6) is 0 Å². The highest BCUT2D eigenvalue weighted by molar-refractivity contribution is 5.86. The van der Waals surface area contributed by atoms with E-state index in [2.05, 4.69) is 12.1 Å². The minimum absolute atomic E-state index is 0.158. The molecule has 0 spiro atoms. The van der Waals surface area contributed by atoms with Gasteiger partial charge in [-0.3, -0.25) is 4.79 Å². The fourth-order valence-electron chi connectivity index (χ4n) is 2.37. The Hall–Kier alpha value is -1.15. The second-order valence-electron chi connectivity index (χ2n) is 4.75. The van der Waals surface area contributed by atoms with Crippen molar-refractivity contribution in [1.82, 2.24) is 0 Å². The van der Waals surface area contributed by atoms with Crippen molar-refractivity contribution in [1.29, 1.82) is 0 Å². The average molecular weight is 217 g/mol. The van der Waals surface area contributed by atoms with Gasteiger partial charge in [-0.15, -0.1) is 0 Å². The summed E-state index contributed by atoms with van der Waals surface area (Å²) in [6, 6.07) is 10.2. The maximum absolute atomic E-state index is 12.1. The van der Waals surface area contributed by atoms with E-state index < -0.39 is 0 Å². The molecule has 2 heteroatoms. The molecule has 0 aliphatic heterocycles. The van der Waals surface area contributed by atoms with E-state index in [-0.39, 0.29) is 5.41 Å². The molecule has 0 aromatic heterocycles. The molecule has 2 nitrogen and oxygen atoms in total. The third-order valence-electron chi connectivity index (χ3n) is 3.78. The first kappa shape index (κ1) is 11.3. The van der Waals surface area contributed by atoms with Crippen LogP contribution in [-0.2, 0) is 11.2 Å². The van der Waals surface area contributed by atoms with Crippen LogP contribution in [0.15, 0.2) is 30.3 Å². The van der Waals surface area contributed by atoms with Crippen LogP contribution >= 0.6 is 0 Å². The molecule has 1 aromatic rings. The Morgan fingerprint density at radius 1 is 1.25 bits per heavy atom. The van der Waals surface area contributed by atoms with Gasteiger partial charge in [-0.2, -0.15) is 0 Å². The molecule has 0 bridgehead atoms. The predicted octanol–water partition coefficient (Wildman–Crippen LogP) is 2.32. The molecule has 1 saturated carbocycles. The molecule has 1 aliphatic rings. The first-order chi connectivity index (χ1) is 7.77. The van der Waals surface area contributed by atoms with E-state index in [4.69, 9.17) is 5.73 Å². The van der Waals surface area contributed by atoms with Crippen molar-refractivity contribution in [2.75, 3.05) is 6.54 Å². The SMILES string of the molecule is NCC1(C(=O)CCc2ccccc2)CCC1. The Morgan fingerprint density at radius 3 is 2.44 bits per heavy atom. The third-order valence-corrected chi connectivity index (χ3v) is 3.78. The monoisotopic (exact) mass is 217 g/mol. The molecule has 86 valence electrons. The second kappa shape index (κ2) is 4.79. The van der Waals surface area contributed by atoms with Gasteiger partial charge in [-0.1, -0.05) is 36.8 Å². The van der Waals surface area contributed by atoms with Crippen molar-refractivity contribution in [2.45, 2.75) is 32.1 Å². The van der Waals surface area contributed by atoms with Crippen LogP contribution in [0.25, 0.3) is 0 Å². The lowest BCUT2D eigenvalue weighted by Crippen LogP contribution is -2.44. The van der Waals surface area contributed by atoms with Gasteiger partial charge >= 0.3 is 0 Å². The number of ketones is 1. The lowest BCUT2D eigenvalue weighted by Gasteiger charge is -2.39. The van der Waals surface area contributed by atoms with Crippen molar-refractivity contribution in [3.05, 3.63) is 35.9 Å². The lowest BCUT2D eigenvalue weighted by molar-refractivity contribution is -0.132. The van der Waals surface area contributed by atoms with Gasteiger partial charge in [0.25, 0.3) is 0 Å². The Labute approximate surface area is 96.8 Å². The smallest absolute Gasteiger partial charge is 0.140 e. The van der Waals surface area contributed by atoms with Gasteiger partial charge in [0.15, 0.2) is 0 Å². The largest absolute Gasteiger partial charge is 0.329 e. The van der Waals surface area contributed by atoms with E-state index in [1.54, 1.807) is 0 Å². The number of aryl methyl sites for hydroxylation is 1. The normalized spacial score (nSPS) is 17.8. The zero-order chi connectivity index (χ0) is 11.4. The number of hydrogen-bond donors (Lipinski definition) is 1. The highest BCUT2D eigenvalue weighted by Crippen LogP contribution is 2.41. The first-order valence-electron chi connectivity index (χ1n) is 6.04. The molecule has 0 radical (unpaired) electrons. The number of benzene rings is 1. The van der Waals surface area contributed by atoms with Crippen LogP contribution in [0, 0.1) is 5.41 Å². The number of nitrogens with two attached hydrogens (primary N) is 1. The highest BCUT2D eigenvalue weighted by Gasteiger charge is 2.41. The van der Waals surface area contributed by atoms with Crippen molar-refractivity contribution in [3.8, 4) is 0 Å². The predicted molar refractivity (Wildman–Crippen MR) is 65.1 cm³/mol. The van der Waals surface area contributed by atoms with Crippen LogP contribution in [0.4, 0.5) is 0 Å². The minimum Gasteiger partial charge on any atom is -0.329 e. The number of rotatable bonds is 5. The minimum atomic E-state index is -0.158. The summed E-state index contributed by atoms with van der Waals surface area (Å²) in [7, 11) is 0. The Balaban J connectivity index is 1.89. The summed E-state index contributed by atoms with van der Waals surface area (Å²) in [5.41, 5.74) is 6.80. The molecule has 1 aliphatic carbocycles. The van der Waals surface area contributed by atoms with Gasteiger partial charge in [-0.25, -0.2) is 0 Å². The topological polar surface area (TPSA) is 43.1 Å². The molecule has 2 rings (SSSR count). The average Bonchev–Trinajstić information content (AvgIpc) is 2.27. The van der Waals surface area contributed by atoms with Crippen LogP contribution in [0.2, 0.25) is 0 Å². The molecular weight excluding hydrogens is 198 g/mol. The van der Waals surface area contributed by atoms with E-state index in [9.17, 15) is 4.79 Å². The number of hydrogen-bond acceptors (Lipinski definition) is 2. The van der Waals surface area contributed by atoms with Gasteiger partial charge in [0.1, 0.15) is 5.78 Å². The highest BCUT2D eigenvalue weighted by atomic mass is 16.1. The molecule has 2 N–H and O–H groups in total. The fraction of sp³-hybridized carbons (Fsp3) is 0.500. The Kier molecular flexibility index (Phi) is 3.39. The molecule has 0 saturated heterocycles. The van der Waals surface area contributed by atoms with Gasteiger partial charge in [0.2, 0.25) is 0 Å². The summed E-state index contributed by atoms with van der Waals surface area (Å²) in [6.45, 7) is 0.528. The third kappa shape index (κ3) is 2.17. The van der Waals surface area contributed by atoms with Crippen LogP contribution in [-0.4, -0.2) is 12.3 Å². The molecule has 0 amide bonds. The Morgan fingerprint density at radius 2 is 1.94 bits per heavy atom. The summed E-state index contributed by atoms with van der Waals surface area (Å²) in [4.78, 5) is 12.1. The van der Waals surface area contributed by atoms with Gasteiger partial charge in [0.05, 0.1) is 0 Å². The molecule has 1 fully saturated rings. The lowest BCUT2D eigenvalue weighted by atomic mass is 9.65. The molecule has 16 heavy (non-hydrogen) atoms. The molecule has 0 atom stereocenters. The van der Waals surface area contributed by atoms with Crippen LogP contribution in [0.1, 0.15) is 31.2 Å². The summed E-state index contributed by atoms with van der Waals surface area (Å²) >= 11 is 0. The van der Waals surface area contributed by atoms with E-state index >= 15 is 0 Å². The zero-order valence-corrected chi connectivity index (χ0v) is 9.61. The maximum atomic E-state index is 12.1. The molecule has 0 unspecified atom stereocenters. The van der Waals surface area contributed by atoms with E-state index in [1.165, 1.54) is 5.56 Å². The van der Waals surface area contributed by atoms with Crippen molar-refractivity contribution in [2.24, 2.45) is 11.1 Å². The zero-order valence-electron chi connectivity index (χ0n) is 9.61. The Bertz CT molecular complexity index is 349. The summed E-state index contributed by atoms with van der Waals surface area (Å²) in [5, 5.41) is 0. The van der Waals surface area contributed by atoms with Crippen LogP contribution < -0.4 is 5.73 Å². The van der Waals surface area contributed by atoms with E-state index in [0.29, 0.717) is 18.7 Å². The summed E-state index contributed by atoms with van der Waals surface area (Å²) < 4.78 is 0. The van der Waals surface area contributed by atoms with E-state index in [0.717, 1.165) is 25.7 Å². The van der Waals surface area contributed by atoms with Crippen LogP contribution in [0.3, 0.4) is 0 Å². The number of carbonyl (C=O) groups is 1. The molecule has 0 heterocycles. The van der Waals surface area contributed by atoms with E-state index in [1.807, 2.05) is 18.2 Å². The maximum Gasteiger partial charge on any atom is 0.140 e. The molecular formula is C14H19NO. The summed E-state index contributed by atoms with van der Waals surface area (Å²) in [6.07, 6.45) is 4.64. The fourth-order valence-corrected chi connectivity index (χ4v) is 2.37. The van der Waals surface area contributed by atoms with Gasteiger partial charge in [-0.05, 0) is 24.8 Å². The standard InChI is InChI=1S/C14H19NO/c15-11-14(9-4-10-14)13(16)8-7-12-5-2-1-3-6-12/h1-3,5-6H,4,7-11,15H2. The van der Waals surface area contributed by atoms with Gasteiger partial charge in [0, 0.05) is 18.4 Å². The van der Waals surface area contributed by atoms with Crippen molar-refractivity contribution < 1.29 is 4.79 Å². The van der Waals surface area contributed by atoms with Gasteiger partial charge < -0.3 is 5.73 Å². The van der Waals surface area contributed by atoms with Crippen molar-refractivity contribution in [3.63, 3.8) is 0 Å². The quantitative estimate of drug-likeness (QED) is 0.822. The summed E-state index contributed by atoms with van der Waals surface area (Å²) in [5.74, 6) is 0.366. The second-order valence-corrected chi connectivity index (χ2v) is 4.75. The van der Waals surface area contributed by atoms with Crippen molar-refractivity contribution >= 4 is 5.78 Å². The number of carbonyl (C=O) groups excluding carboxylic acids is 1. The number of Topliss-reactive ketones (excluding diaryl/α,β-unsaturated/α-hetero) is 1.